The molecule has 102 valence electrons. The van der Waals surface area contributed by atoms with Crippen molar-refractivity contribution >= 4 is 48.3 Å². The number of aromatic nitrogens is 2. The van der Waals surface area contributed by atoms with Crippen LogP contribution < -0.4 is 0 Å². The van der Waals surface area contributed by atoms with E-state index in [2.05, 4.69) is 65.7 Å². The van der Waals surface area contributed by atoms with Gasteiger partial charge in [0, 0.05) is 15.5 Å². The van der Waals surface area contributed by atoms with Gasteiger partial charge < -0.3 is 4.98 Å². The Balaban J connectivity index is 2.08. The number of hydrogen-bond donors (Lipinski definition) is 1. The minimum atomic E-state index is 1.19. The third-order valence-electron chi connectivity index (χ3n) is 4.29. The summed E-state index contributed by atoms with van der Waals surface area (Å²) in [5.41, 5.74) is 6.33. The fourth-order valence-corrected chi connectivity index (χ4v) is 4.62. The molecule has 1 N–H and O–H groups in total. The predicted octanol–water partition coefficient (Wildman–Crippen LogP) is 5.41. The number of rotatable bonds is 0. The molecule has 5 aromatic rings. The number of thiophene rings is 1. The van der Waals surface area contributed by atoms with Crippen LogP contribution in [-0.4, -0.2) is 9.38 Å². The molecule has 3 aromatic heterocycles. The summed E-state index contributed by atoms with van der Waals surface area (Å²) in [7, 11) is 0. The highest BCUT2D eigenvalue weighted by Gasteiger charge is 2.14. The molecule has 3 heteroatoms. The van der Waals surface area contributed by atoms with E-state index in [4.69, 9.17) is 0 Å². The second-order valence-electron chi connectivity index (χ2n) is 5.78. The third-order valence-corrected chi connectivity index (χ3v) is 5.46. The summed E-state index contributed by atoms with van der Waals surface area (Å²) in [6.07, 6.45) is 0. The van der Waals surface area contributed by atoms with Gasteiger partial charge in [0.1, 0.15) is 10.5 Å². The molecule has 3 heterocycles. The molecule has 0 radical (unpaired) electrons. The Bertz CT molecular complexity index is 1150. The second-order valence-corrected chi connectivity index (χ2v) is 6.81. The number of H-pyrrole nitrogens is 1. The lowest BCUT2D eigenvalue weighted by molar-refractivity contribution is 1.34. The van der Waals surface area contributed by atoms with Crippen molar-refractivity contribution < 1.29 is 0 Å². The summed E-state index contributed by atoms with van der Waals surface area (Å²) in [6.45, 7) is 4.34. The highest BCUT2D eigenvalue weighted by atomic mass is 32.1. The Kier molecular flexibility index (Phi) is 2.00. The molecule has 2 nitrogen and oxygen atoms in total. The van der Waals surface area contributed by atoms with Gasteiger partial charge >= 0.3 is 0 Å². The van der Waals surface area contributed by atoms with Crippen LogP contribution in [0.4, 0.5) is 0 Å². The van der Waals surface area contributed by atoms with Crippen LogP contribution in [0.2, 0.25) is 0 Å². The number of benzene rings is 2. The number of fused-ring (bicyclic) bond motifs is 7. The van der Waals surface area contributed by atoms with Gasteiger partial charge in [0.15, 0.2) is 0 Å². The molecule has 0 unspecified atom stereocenters. The molecule has 0 aliphatic rings. The number of aryl methyl sites for hydroxylation is 2. The molecule has 0 amide bonds. The Morgan fingerprint density at radius 3 is 2.76 bits per heavy atom. The van der Waals surface area contributed by atoms with E-state index in [-0.39, 0.29) is 0 Å². The Hall–Kier alpha value is -2.26. The van der Waals surface area contributed by atoms with Gasteiger partial charge in [-0.05, 0) is 43.2 Å². The summed E-state index contributed by atoms with van der Waals surface area (Å²) in [5, 5.41) is 2.70. The van der Waals surface area contributed by atoms with E-state index in [0.29, 0.717) is 0 Å². The molecule has 0 saturated heterocycles. The number of nitrogens with one attached hydrogen (secondary N) is 1. The first-order chi connectivity index (χ1) is 10.2. The predicted molar refractivity (Wildman–Crippen MR) is 91.6 cm³/mol. The van der Waals surface area contributed by atoms with Crippen molar-refractivity contribution in [1.29, 1.82) is 0 Å². The minimum absolute atomic E-state index is 1.19. The summed E-state index contributed by atoms with van der Waals surface area (Å²) in [4.78, 5) is 4.92. The van der Waals surface area contributed by atoms with E-state index in [1.165, 1.54) is 48.1 Å². The standard InChI is InChI=1S/C18H14N2S/c1-10-7-11(2)17-14(8-10)20-16(19-17)9-13-12-5-3-4-6-15(12)21-18(13)20/h3-9,19H,1-2H3. The van der Waals surface area contributed by atoms with Crippen molar-refractivity contribution in [2.75, 3.05) is 0 Å². The van der Waals surface area contributed by atoms with Gasteiger partial charge in [-0.1, -0.05) is 24.3 Å². The van der Waals surface area contributed by atoms with Crippen LogP contribution in [0.25, 0.3) is 37.0 Å². The minimum Gasteiger partial charge on any atom is -0.339 e. The van der Waals surface area contributed by atoms with E-state index in [9.17, 15) is 0 Å². The van der Waals surface area contributed by atoms with Gasteiger partial charge in [-0.15, -0.1) is 11.3 Å². The number of hydrogen-bond acceptors (Lipinski definition) is 1. The summed E-state index contributed by atoms with van der Waals surface area (Å²) >= 11 is 1.87. The van der Waals surface area contributed by atoms with Gasteiger partial charge in [-0.25, -0.2) is 0 Å². The molecular formula is C18H14N2S. The monoisotopic (exact) mass is 290 g/mol. The highest BCUT2D eigenvalue weighted by molar-refractivity contribution is 7.25. The average molecular weight is 290 g/mol. The quantitative estimate of drug-likeness (QED) is 0.394. The first-order valence-electron chi connectivity index (χ1n) is 7.14. The topological polar surface area (TPSA) is 20.2 Å². The number of imidazole rings is 1. The van der Waals surface area contributed by atoms with Crippen LogP contribution >= 0.6 is 11.3 Å². The van der Waals surface area contributed by atoms with Gasteiger partial charge in [0.2, 0.25) is 0 Å². The van der Waals surface area contributed by atoms with Crippen LogP contribution in [0.5, 0.6) is 0 Å². The smallest absolute Gasteiger partial charge is 0.116 e. The number of nitrogens with zero attached hydrogens (tertiary/aromatic N) is 1. The normalized spacial score (nSPS) is 12.3. The lowest BCUT2D eigenvalue weighted by Gasteiger charge is -1.99. The molecule has 2 aromatic carbocycles. The van der Waals surface area contributed by atoms with Crippen LogP contribution in [0.1, 0.15) is 11.1 Å². The molecule has 0 atom stereocenters. The zero-order valence-electron chi connectivity index (χ0n) is 11.9. The molecule has 21 heavy (non-hydrogen) atoms. The summed E-state index contributed by atoms with van der Waals surface area (Å²) in [6, 6.07) is 15.4. The van der Waals surface area contributed by atoms with E-state index < -0.39 is 0 Å². The average Bonchev–Trinajstić information content (AvgIpc) is 3.07. The molecule has 0 aliphatic carbocycles. The molecule has 0 saturated carbocycles. The maximum Gasteiger partial charge on any atom is 0.116 e. The van der Waals surface area contributed by atoms with E-state index >= 15 is 0 Å². The van der Waals surface area contributed by atoms with E-state index in [0.717, 1.165) is 0 Å². The van der Waals surface area contributed by atoms with Crippen LogP contribution in [-0.2, 0) is 0 Å². The highest BCUT2D eigenvalue weighted by Crippen LogP contribution is 2.38. The molecule has 0 bridgehead atoms. The van der Waals surface area contributed by atoms with Crippen molar-refractivity contribution in [3.05, 3.63) is 53.6 Å². The van der Waals surface area contributed by atoms with Crippen molar-refractivity contribution in [2.45, 2.75) is 13.8 Å². The number of aromatic amines is 1. The van der Waals surface area contributed by atoms with Crippen molar-refractivity contribution in [2.24, 2.45) is 0 Å². The van der Waals surface area contributed by atoms with Crippen molar-refractivity contribution in [3.63, 3.8) is 0 Å². The Morgan fingerprint density at radius 2 is 1.86 bits per heavy atom. The van der Waals surface area contributed by atoms with E-state index in [1.807, 2.05) is 11.3 Å². The van der Waals surface area contributed by atoms with Crippen LogP contribution in [0, 0.1) is 13.8 Å². The van der Waals surface area contributed by atoms with Crippen LogP contribution in [0.15, 0.2) is 42.5 Å². The zero-order chi connectivity index (χ0) is 14.1. The molecule has 0 fully saturated rings. The Morgan fingerprint density at radius 1 is 1.00 bits per heavy atom. The third kappa shape index (κ3) is 1.37. The maximum atomic E-state index is 3.58. The molecule has 5 rings (SSSR count). The van der Waals surface area contributed by atoms with Crippen molar-refractivity contribution in [3.8, 4) is 0 Å². The van der Waals surface area contributed by atoms with Gasteiger partial charge in [-0.3, -0.25) is 4.40 Å². The maximum absolute atomic E-state index is 3.58. The van der Waals surface area contributed by atoms with E-state index in [1.54, 1.807) is 0 Å². The van der Waals surface area contributed by atoms with Crippen LogP contribution in [0.3, 0.4) is 0 Å². The second kappa shape index (κ2) is 3.68. The van der Waals surface area contributed by atoms with Crippen molar-refractivity contribution in [1.82, 2.24) is 9.38 Å². The fraction of sp³-hybridized carbons (Fsp3) is 0.111. The van der Waals surface area contributed by atoms with Gasteiger partial charge in [-0.2, -0.15) is 0 Å². The zero-order valence-corrected chi connectivity index (χ0v) is 12.7. The first kappa shape index (κ1) is 11.4. The lowest BCUT2D eigenvalue weighted by atomic mass is 10.1. The van der Waals surface area contributed by atoms with Gasteiger partial charge in [0.05, 0.1) is 11.0 Å². The Labute approximate surface area is 125 Å². The molecular weight excluding hydrogens is 276 g/mol. The lowest BCUT2D eigenvalue weighted by Crippen LogP contribution is -1.82. The first-order valence-corrected chi connectivity index (χ1v) is 7.95. The summed E-state index contributed by atoms with van der Waals surface area (Å²) in [5.74, 6) is 0. The summed E-state index contributed by atoms with van der Waals surface area (Å²) < 4.78 is 3.73. The molecule has 0 aliphatic heterocycles. The van der Waals surface area contributed by atoms with Gasteiger partial charge in [0.25, 0.3) is 0 Å². The SMILES string of the molecule is Cc1cc(C)c2[nH]c3cc4c5ccccc5sc4n3c2c1. The molecule has 0 spiro atoms. The fourth-order valence-electron chi connectivity index (χ4n) is 3.41. The largest absolute Gasteiger partial charge is 0.339 e.